The van der Waals surface area contributed by atoms with Gasteiger partial charge in [0, 0.05) is 28.8 Å². The molecule has 6 heteroatoms. The molecule has 0 aliphatic heterocycles. The lowest BCUT2D eigenvalue weighted by Gasteiger charge is -2.02. The highest BCUT2D eigenvalue weighted by atomic mass is 35.7. The normalized spacial score (nSPS) is 12.2. The fourth-order valence-corrected chi connectivity index (χ4v) is 2.59. The van der Waals surface area contributed by atoms with E-state index in [0.717, 1.165) is 5.69 Å². The van der Waals surface area contributed by atoms with Gasteiger partial charge in [0.25, 0.3) is 9.05 Å². The van der Waals surface area contributed by atoms with E-state index < -0.39 is 19.8 Å². The highest BCUT2D eigenvalue weighted by Crippen LogP contribution is 2.28. The monoisotopic (exact) mass is 261 g/mol. The molecule has 1 heterocycles. The first-order valence-electron chi connectivity index (χ1n) is 4.51. The minimum absolute atomic E-state index is 0.265. The van der Waals surface area contributed by atoms with Crippen molar-refractivity contribution >= 4 is 30.6 Å². The van der Waals surface area contributed by atoms with Crippen LogP contribution in [-0.2, 0) is 16.1 Å². The third-order valence-electron chi connectivity index (χ3n) is 2.63. The lowest BCUT2D eigenvalue weighted by molar-refractivity contribution is 0.582. The maximum Gasteiger partial charge on any atom is 0.264 e. The van der Waals surface area contributed by atoms with E-state index in [4.69, 9.17) is 10.7 Å². The first kappa shape index (κ1) is 11.4. The molecule has 0 fully saturated rings. The van der Waals surface area contributed by atoms with Gasteiger partial charge < -0.3 is 4.57 Å². The summed E-state index contributed by atoms with van der Waals surface area (Å²) < 4.78 is 37.9. The zero-order valence-electron chi connectivity index (χ0n) is 8.66. The van der Waals surface area contributed by atoms with Crippen LogP contribution in [-0.4, -0.2) is 13.0 Å². The third-order valence-corrected chi connectivity index (χ3v) is 3.97. The third kappa shape index (κ3) is 1.60. The van der Waals surface area contributed by atoms with Gasteiger partial charge in [-0.2, -0.15) is 0 Å². The van der Waals surface area contributed by atoms with Gasteiger partial charge in [-0.3, -0.25) is 0 Å². The zero-order valence-corrected chi connectivity index (χ0v) is 10.2. The van der Waals surface area contributed by atoms with Gasteiger partial charge in [0.2, 0.25) is 0 Å². The Balaban J connectivity index is 2.91. The van der Waals surface area contributed by atoms with E-state index in [1.165, 1.54) is 6.07 Å². The molecule has 2 rings (SSSR count). The van der Waals surface area contributed by atoms with E-state index in [1.807, 2.05) is 6.92 Å². The van der Waals surface area contributed by atoms with Crippen LogP contribution in [0, 0.1) is 12.7 Å². The molecule has 3 nitrogen and oxygen atoms in total. The Hall–Kier alpha value is -1.07. The Morgan fingerprint density at radius 2 is 2.00 bits per heavy atom. The predicted octanol–water partition coefficient (Wildman–Crippen LogP) is 2.55. The van der Waals surface area contributed by atoms with Crippen molar-refractivity contribution in [1.29, 1.82) is 0 Å². The van der Waals surface area contributed by atoms with E-state index in [-0.39, 0.29) is 5.39 Å². The first-order valence-corrected chi connectivity index (χ1v) is 6.82. The number of rotatable bonds is 1. The molecule has 0 saturated carbocycles. The molecule has 1 aromatic carbocycles. The lowest BCUT2D eigenvalue weighted by Crippen LogP contribution is -1.96. The molecule has 2 aromatic rings. The van der Waals surface area contributed by atoms with Crippen LogP contribution in [0.5, 0.6) is 0 Å². The van der Waals surface area contributed by atoms with Crippen molar-refractivity contribution < 1.29 is 12.8 Å². The largest absolute Gasteiger partial charge is 0.348 e. The molecule has 0 spiro atoms. The number of aromatic nitrogens is 1. The van der Waals surface area contributed by atoms with Gasteiger partial charge in [-0.25, -0.2) is 12.8 Å². The molecular formula is C10H9ClFNO2S. The quantitative estimate of drug-likeness (QED) is 0.740. The summed E-state index contributed by atoms with van der Waals surface area (Å²) in [6.45, 7) is 1.81. The number of hydrogen-bond donors (Lipinski definition) is 0. The summed E-state index contributed by atoms with van der Waals surface area (Å²) in [5, 5.41) is 0.265. The molecule has 0 N–H and O–H groups in total. The Bertz CT molecular complexity index is 676. The second-order valence-electron chi connectivity index (χ2n) is 3.59. The van der Waals surface area contributed by atoms with Gasteiger partial charge in [0.15, 0.2) is 5.82 Å². The van der Waals surface area contributed by atoms with Gasteiger partial charge in [-0.1, -0.05) is 0 Å². The predicted molar refractivity (Wildman–Crippen MR) is 60.7 cm³/mol. The summed E-state index contributed by atoms with van der Waals surface area (Å²) in [6, 6.07) is 4.32. The van der Waals surface area contributed by atoms with E-state index in [0.29, 0.717) is 5.52 Å². The van der Waals surface area contributed by atoms with Crippen molar-refractivity contribution in [3.05, 3.63) is 29.7 Å². The summed E-state index contributed by atoms with van der Waals surface area (Å²) >= 11 is 0. The fourth-order valence-electron chi connectivity index (χ4n) is 1.68. The minimum atomic E-state index is -4.04. The SMILES string of the molecule is Cc1cc2c(F)c(S(=O)(=O)Cl)ccc2n1C. The van der Waals surface area contributed by atoms with Crippen molar-refractivity contribution in [3.8, 4) is 0 Å². The van der Waals surface area contributed by atoms with Crippen molar-refractivity contribution in [1.82, 2.24) is 4.57 Å². The zero-order chi connectivity index (χ0) is 12.1. The number of benzene rings is 1. The van der Waals surface area contributed by atoms with Crippen LogP contribution in [0.25, 0.3) is 10.9 Å². The second kappa shape index (κ2) is 3.46. The van der Waals surface area contributed by atoms with Crippen LogP contribution >= 0.6 is 10.7 Å². The summed E-state index contributed by atoms with van der Waals surface area (Å²) in [7, 11) is 2.88. The number of fused-ring (bicyclic) bond motifs is 1. The molecule has 0 aliphatic rings. The molecule has 0 atom stereocenters. The molecule has 0 radical (unpaired) electrons. The highest BCUT2D eigenvalue weighted by Gasteiger charge is 2.19. The van der Waals surface area contributed by atoms with E-state index in [2.05, 4.69) is 0 Å². The van der Waals surface area contributed by atoms with Crippen molar-refractivity contribution in [2.24, 2.45) is 7.05 Å². The Labute approximate surface area is 96.9 Å². The Kier molecular flexibility index (Phi) is 2.47. The molecular weight excluding hydrogens is 253 g/mol. The van der Waals surface area contributed by atoms with E-state index >= 15 is 0 Å². The molecule has 86 valence electrons. The van der Waals surface area contributed by atoms with Gasteiger partial charge in [-0.15, -0.1) is 0 Å². The molecule has 0 aliphatic carbocycles. The van der Waals surface area contributed by atoms with Crippen molar-refractivity contribution in [3.63, 3.8) is 0 Å². The van der Waals surface area contributed by atoms with Crippen LogP contribution < -0.4 is 0 Å². The number of halogens is 2. The number of hydrogen-bond acceptors (Lipinski definition) is 2. The Morgan fingerprint density at radius 1 is 1.38 bits per heavy atom. The van der Waals surface area contributed by atoms with Gasteiger partial charge in [0.05, 0.1) is 5.52 Å². The fraction of sp³-hybridized carbons (Fsp3) is 0.200. The molecule has 1 aromatic heterocycles. The topological polar surface area (TPSA) is 39.1 Å². The standard InChI is InChI=1S/C10H9ClFNO2S/c1-6-5-7-8(13(6)2)3-4-9(10(7)12)16(11,14)15/h3-5H,1-2H3. The van der Waals surface area contributed by atoms with Crippen LogP contribution in [0.1, 0.15) is 5.69 Å². The molecule has 16 heavy (non-hydrogen) atoms. The van der Waals surface area contributed by atoms with Crippen LogP contribution in [0.15, 0.2) is 23.1 Å². The second-order valence-corrected chi connectivity index (χ2v) is 6.13. The molecule has 0 saturated heterocycles. The number of aryl methyl sites for hydroxylation is 2. The van der Waals surface area contributed by atoms with Crippen LogP contribution in [0.2, 0.25) is 0 Å². The number of nitrogens with zero attached hydrogens (tertiary/aromatic N) is 1. The molecule has 0 amide bonds. The smallest absolute Gasteiger partial charge is 0.264 e. The average Bonchev–Trinajstić information content (AvgIpc) is 2.44. The summed E-state index contributed by atoms with van der Waals surface area (Å²) in [4.78, 5) is -0.479. The lowest BCUT2D eigenvalue weighted by atomic mass is 10.2. The maximum absolute atomic E-state index is 13.9. The average molecular weight is 262 g/mol. The van der Waals surface area contributed by atoms with Crippen LogP contribution in [0.3, 0.4) is 0 Å². The summed E-state index contributed by atoms with van der Waals surface area (Å²) in [6.07, 6.45) is 0. The van der Waals surface area contributed by atoms with Gasteiger partial charge >= 0.3 is 0 Å². The minimum Gasteiger partial charge on any atom is -0.348 e. The molecule has 0 bridgehead atoms. The molecule has 0 unspecified atom stereocenters. The van der Waals surface area contributed by atoms with E-state index in [9.17, 15) is 12.8 Å². The highest BCUT2D eigenvalue weighted by molar-refractivity contribution is 8.13. The van der Waals surface area contributed by atoms with Gasteiger partial charge in [0.1, 0.15) is 4.90 Å². The first-order chi connectivity index (χ1) is 7.32. The van der Waals surface area contributed by atoms with Crippen molar-refractivity contribution in [2.75, 3.05) is 0 Å². The van der Waals surface area contributed by atoms with Crippen molar-refractivity contribution in [2.45, 2.75) is 11.8 Å². The summed E-state index contributed by atoms with van der Waals surface area (Å²) in [5.74, 6) is -0.795. The summed E-state index contributed by atoms with van der Waals surface area (Å²) in [5.41, 5.74) is 1.48. The van der Waals surface area contributed by atoms with Gasteiger partial charge in [-0.05, 0) is 25.1 Å². The van der Waals surface area contributed by atoms with Crippen LogP contribution in [0.4, 0.5) is 4.39 Å². The Morgan fingerprint density at radius 3 is 2.56 bits per heavy atom. The maximum atomic E-state index is 13.9. The van der Waals surface area contributed by atoms with E-state index in [1.54, 1.807) is 23.7 Å².